The van der Waals surface area contributed by atoms with Crippen LogP contribution in [0.15, 0.2) is 10.9 Å². The van der Waals surface area contributed by atoms with E-state index < -0.39 is 0 Å². The Hall–Kier alpha value is -2.18. The number of anilines is 2. The Bertz CT molecular complexity index is 564. The highest BCUT2D eigenvalue weighted by molar-refractivity contribution is 5.55. The van der Waals surface area contributed by atoms with Crippen molar-refractivity contribution in [2.24, 2.45) is 0 Å². The minimum Gasteiger partial charge on any atom is -0.383 e. The van der Waals surface area contributed by atoms with Crippen LogP contribution >= 0.6 is 0 Å². The molecule has 1 aliphatic carbocycles. The summed E-state index contributed by atoms with van der Waals surface area (Å²) in [5.74, 6) is 3.37. The summed E-state index contributed by atoms with van der Waals surface area (Å²) in [5, 5.41) is 7.02. The van der Waals surface area contributed by atoms with Gasteiger partial charge in [-0.2, -0.15) is 4.98 Å². The lowest BCUT2D eigenvalue weighted by Gasteiger charge is -2.11. The molecule has 3 rings (SSSR count). The van der Waals surface area contributed by atoms with Crippen molar-refractivity contribution in [1.29, 1.82) is 0 Å². The van der Waals surface area contributed by atoms with Gasteiger partial charge in [-0.25, -0.2) is 9.97 Å². The van der Waals surface area contributed by atoms with Gasteiger partial charge in [0, 0.05) is 24.4 Å². The summed E-state index contributed by atoms with van der Waals surface area (Å²) >= 11 is 0. The van der Waals surface area contributed by atoms with Crippen molar-refractivity contribution >= 4 is 11.6 Å². The third-order valence-corrected chi connectivity index (χ3v) is 3.19. The van der Waals surface area contributed by atoms with E-state index in [0.29, 0.717) is 30.5 Å². The highest BCUT2D eigenvalue weighted by Crippen LogP contribution is 2.39. The standard InChI is InChI=1S/C12H16N6O/c1-7-10(13)16-12(8-2-3-8)17-11(7)14-5-4-9-15-6-19-18-9/h6,8H,2-5H2,1H3,(H3,13,14,16,17). The normalized spacial score (nSPS) is 14.6. The van der Waals surface area contributed by atoms with Crippen LogP contribution in [0.2, 0.25) is 0 Å². The van der Waals surface area contributed by atoms with Crippen LogP contribution in [0.3, 0.4) is 0 Å². The molecule has 7 nitrogen and oxygen atoms in total. The summed E-state index contributed by atoms with van der Waals surface area (Å²) in [6.07, 6.45) is 4.32. The van der Waals surface area contributed by atoms with E-state index >= 15 is 0 Å². The minimum absolute atomic E-state index is 0.487. The SMILES string of the molecule is Cc1c(N)nc(C2CC2)nc1NCCc1ncon1. The molecule has 3 N–H and O–H groups in total. The zero-order valence-corrected chi connectivity index (χ0v) is 10.8. The van der Waals surface area contributed by atoms with Crippen molar-refractivity contribution in [3.63, 3.8) is 0 Å². The first-order valence-corrected chi connectivity index (χ1v) is 6.37. The molecule has 0 bridgehead atoms. The van der Waals surface area contributed by atoms with Gasteiger partial charge >= 0.3 is 0 Å². The number of nitrogens with two attached hydrogens (primary N) is 1. The molecule has 1 fully saturated rings. The van der Waals surface area contributed by atoms with Crippen LogP contribution in [0.4, 0.5) is 11.6 Å². The van der Waals surface area contributed by atoms with Gasteiger partial charge in [0.05, 0.1) is 0 Å². The zero-order chi connectivity index (χ0) is 13.2. The fourth-order valence-corrected chi connectivity index (χ4v) is 1.84. The summed E-state index contributed by atoms with van der Waals surface area (Å²) in [4.78, 5) is 12.9. The summed E-state index contributed by atoms with van der Waals surface area (Å²) < 4.78 is 4.68. The van der Waals surface area contributed by atoms with Gasteiger partial charge in [0.1, 0.15) is 17.5 Å². The van der Waals surface area contributed by atoms with Gasteiger partial charge in [0.2, 0.25) is 6.39 Å². The number of nitrogens with zero attached hydrogens (tertiary/aromatic N) is 4. The van der Waals surface area contributed by atoms with Crippen LogP contribution in [0.1, 0.15) is 36.0 Å². The van der Waals surface area contributed by atoms with Gasteiger partial charge < -0.3 is 15.6 Å². The summed E-state index contributed by atoms with van der Waals surface area (Å²) in [7, 11) is 0. The Morgan fingerprint density at radius 1 is 1.42 bits per heavy atom. The Morgan fingerprint density at radius 3 is 2.95 bits per heavy atom. The fourth-order valence-electron chi connectivity index (χ4n) is 1.84. The van der Waals surface area contributed by atoms with E-state index in [9.17, 15) is 0 Å². The van der Waals surface area contributed by atoms with Crippen LogP contribution in [-0.2, 0) is 6.42 Å². The van der Waals surface area contributed by atoms with Crippen molar-refractivity contribution in [2.75, 3.05) is 17.6 Å². The number of rotatable bonds is 5. The second-order valence-electron chi connectivity index (χ2n) is 4.74. The molecule has 0 saturated heterocycles. The van der Waals surface area contributed by atoms with Crippen LogP contribution in [-0.4, -0.2) is 26.7 Å². The average molecular weight is 260 g/mol. The number of nitrogen functional groups attached to an aromatic ring is 1. The van der Waals surface area contributed by atoms with Crippen LogP contribution in [0.5, 0.6) is 0 Å². The van der Waals surface area contributed by atoms with Crippen molar-refractivity contribution in [3.8, 4) is 0 Å². The fraction of sp³-hybridized carbons (Fsp3) is 0.500. The minimum atomic E-state index is 0.487. The number of hydrogen-bond donors (Lipinski definition) is 2. The number of aromatic nitrogens is 4. The molecular formula is C12H16N6O. The molecule has 7 heteroatoms. The summed E-state index contributed by atoms with van der Waals surface area (Å²) in [5.41, 5.74) is 6.81. The topological polar surface area (TPSA) is 103 Å². The molecule has 1 saturated carbocycles. The van der Waals surface area contributed by atoms with Gasteiger partial charge in [-0.3, -0.25) is 0 Å². The average Bonchev–Trinajstić information content (AvgIpc) is 3.12. The Labute approximate surface area is 110 Å². The maximum Gasteiger partial charge on any atom is 0.213 e. The molecular weight excluding hydrogens is 244 g/mol. The van der Waals surface area contributed by atoms with Gasteiger partial charge in [-0.15, -0.1) is 0 Å². The molecule has 0 radical (unpaired) electrons. The highest BCUT2D eigenvalue weighted by atomic mass is 16.5. The van der Waals surface area contributed by atoms with Gasteiger partial charge in [0.15, 0.2) is 5.82 Å². The largest absolute Gasteiger partial charge is 0.383 e. The molecule has 1 aliphatic rings. The van der Waals surface area contributed by atoms with E-state index in [4.69, 9.17) is 5.73 Å². The smallest absolute Gasteiger partial charge is 0.213 e. The van der Waals surface area contributed by atoms with Crippen LogP contribution in [0.25, 0.3) is 0 Å². The van der Waals surface area contributed by atoms with Gasteiger partial charge in [0.25, 0.3) is 0 Å². The van der Waals surface area contributed by atoms with Crippen molar-refractivity contribution in [3.05, 3.63) is 23.6 Å². The Balaban J connectivity index is 1.69. The van der Waals surface area contributed by atoms with Crippen molar-refractivity contribution in [1.82, 2.24) is 20.1 Å². The molecule has 0 amide bonds. The monoisotopic (exact) mass is 260 g/mol. The first kappa shape index (κ1) is 11.9. The number of hydrogen-bond acceptors (Lipinski definition) is 7. The molecule has 0 aromatic carbocycles. The maximum atomic E-state index is 5.92. The Kier molecular flexibility index (Phi) is 3.02. The summed E-state index contributed by atoms with van der Waals surface area (Å²) in [6, 6.07) is 0. The van der Waals surface area contributed by atoms with Crippen LogP contribution < -0.4 is 11.1 Å². The molecule has 0 unspecified atom stereocenters. The van der Waals surface area contributed by atoms with E-state index in [1.807, 2.05) is 6.92 Å². The number of nitrogens with one attached hydrogen (secondary N) is 1. The van der Waals surface area contributed by atoms with E-state index in [2.05, 4.69) is 29.9 Å². The second-order valence-corrected chi connectivity index (χ2v) is 4.74. The Morgan fingerprint density at radius 2 is 2.26 bits per heavy atom. The molecule has 2 heterocycles. The molecule has 2 aromatic rings. The predicted molar refractivity (Wildman–Crippen MR) is 69.6 cm³/mol. The quantitative estimate of drug-likeness (QED) is 0.834. The van der Waals surface area contributed by atoms with Crippen LogP contribution in [0, 0.1) is 6.92 Å². The summed E-state index contributed by atoms with van der Waals surface area (Å²) in [6.45, 7) is 2.60. The molecule has 0 spiro atoms. The van der Waals surface area contributed by atoms with E-state index in [0.717, 1.165) is 30.0 Å². The lowest BCUT2D eigenvalue weighted by Crippen LogP contribution is -2.12. The lowest BCUT2D eigenvalue weighted by atomic mass is 10.2. The zero-order valence-electron chi connectivity index (χ0n) is 10.8. The van der Waals surface area contributed by atoms with E-state index in [-0.39, 0.29) is 0 Å². The third-order valence-electron chi connectivity index (χ3n) is 3.19. The first-order chi connectivity index (χ1) is 9.24. The highest BCUT2D eigenvalue weighted by Gasteiger charge is 2.27. The van der Waals surface area contributed by atoms with E-state index in [1.165, 1.54) is 6.39 Å². The van der Waals surface area contributed by atoms with E-state index in [1.54, 1.807) is 0 Å². The second kappa shape index (κ2) is 4.83. The molecule has 0 atom stereocenters. The maximum absolute atomic E-state index is 5.92. The first-order valence-electron chi connectivity index (χ1n) is 6.37. The molecule has 2 aromatic heterocycles. The predicted octanol–water partition coefficient (Wildman–Crippen LogP) is 1.28. The van der Waals surface area contributed by atoms with Gasteiger partial charge in [-0.05, 0) is 19.8 Å². The molecule has 100 valence electrons. The van der Waals surface area contributed by atoms with Gasteiger partial charge in [-0.1, -0.05) is 5.16 Å². The van der Waals surface area contributed by atoms with Crippen molar-refractivity contribution < 1.29 is 4.52 Å². The van der Waals surface area contributed by atoms with Crippen molar-refractivity contribution in [2.45, 2.75) is 32.1 Å². The molecule has 19 heavy (non-hydrogen) atoms. The molecule has 0 aliphatic heterocycles. The third kappa shape index (κ3) is 2.64. The lowest BCUT2D eigenvalue weighted by molar-refractivity contribution is 0.410.